The van der Waals surface area contributed by atoms with Crippen molar-refractivity contribution in [2.45, 2.75) is 25.7 Å². The third-order valence-corrected chi connectivity index (χ3v) is 7.57. The predicted molar refractivity (Wildman–Crippen MR) is 126 cm³/mol. The van der Waals surface area contributed by atoms with Gasteiger partial charge < -0.3 is 20.4 Å². The number of carbonyl (C=O) groups is 1. The van der Waals surface area contributed by atoms with Crippen LogP contribution in [0.4, 0.5) is 11.4 Å². The molecule has 0 aromatic carbocycles. The Bertz CT molecular complexity index is 1130. The molecule has 0 atom stereocenters. The smallest absolute Gasteiger partial charge is 0.267 e. The summed E-state index contributed by atoms with van der Waals surface area (Å²) in [6.07, 6.45) is 5.29. The van der Waals surface area contributed by atoms with Crippen molar-refractivity contribution >= 4 is 39.8 Å². The number of carbonyl (C=O) groups excluding carboxylic acids is 1. The summed E-state index contributed by atoms with van der Waals surface area (Å²) >= 11 is 1.19. The van der Waals surface area contributed by atoms with Gasteiger partial charge in [-0.2, -0.15) is 4.37 Å². The molecule has 1 amide bonds. The Balaban J connectivity index is 1.31. The van der Waals surface area contributed by atoms with E-state index in [1.165, 1.54) is 11.5 Å². The number of fused-ring (bicyclic) bond motifs is 1. The molecule has 0 spiro atoms. The molecule has 10 heteroatoms. The van der Waals surface area contributed by atoms with Gasteiger partial charge in [0.25, 0.3) is 5.91 Å². The molecule has 3 aromatic heterocycles. The number of likely N-dealkylation sites (N-methyl/N-ethyl adjacent to an activating group) is 1. The molecule has 2 fully saturated rings. The van der Waals surface area contributed by atoms with Crippen LogP contribution in [0, 0.1) is 6.92 Å². The summed E-state index contributed by atoms with van der Waals surface area (Å²) in [7, 11) is 2.15. The molecule has 5 rings (SSSR count). The van der Waals surface area contributed by atoms with Gasteiger partial charge in [-0.1, -0.05) is 0 Å². The molecule has 0 unspecified atom stereocenters. The number of piperidine rings is 1. The fraction of sp³-hybridized carbons (Fsp3) is 0.500. The second-order valence-corrected chi connectivity index (χ2v) is 9.46. The van der Waals surface area contributed by atoms with Crippen LogP contribution in [-0.4, -0.2) is 81.3 Å². The minimum Gasteiger partial charge on any atom is -0.396 e. The molecule has 2 N–H and O–H groups in total. The van der Waals surface area contributed by atoms with Crippen molar-refractivity contribution in [1.82, 2.24) is 29.1 Å². The predicted octanol–water partition coefficient (Wildman–Crippen LogP) is 2.14. The molecule has 0 aliphatic carbocycles. The summed E-state index contributed by atoms with van der Waals surface area (Å²) in [5.41, 5.74) is 11.1. The fourth-order valence-corrected chi connectivity index (χ4v) is 5.30. The Kier molecular flexibility index (Phi) is 5.64. The zero-order valence-electron chi connectivity index (χ0n) is 18.5. The van der Waals surface area contributed by atoms with Gasteiger partial charge in [-0.25, -0.2) is 9.97 Å². The van der Waals surface area contributed by atoms with Gasteiger partial charge >= 0.3 is 0 Å². The van der Waals surface area contributed by atoms with Gasteiger partial charge in [0.15, 0.2) is 0 Å². The van der Waals surface area contributed by atoms with Crippen molar-refractivity contribution in [1.29, 1.82) is 0 Å². The number of nitrogens with zero attached hydrogens (tertiary/aromatic N) is 7. The topological polar surface area (TPSA) is 104 Å². The Morgan fingerprint density at radius 2 is 1.84 bits per heavy atom. The molecule has 2 saturated heterocycles. The van der Waals surface area contributed by atoms with Crippen LogP contribution in [0.5, 0.6) is 0 Å². The van der Waals surface area contributed by atoms with Gasteiger partial charge in [0.05, 0.1) is 34.5 Å². The number of rotatable bonds is 3. The minimum absolute atomic E-state index is 0.0194. The van der Waals surface area contributed by atoms with E-state index in [-0.39, 0.29) is 11.8 Å². The molecule has 3 aromatic rings. The lowest BCUT2D eigenvalue weighted by Gasteiger charge is -2.34. The van der Waals surface area contributed by atoms with Crippen LogP contribution in [0.15, 0.2) is 18.6 Å². The number of aryl methyl sites for hydroxylation is 1. The van der Waals surface area contributed by atoms with E-state index in [2.05, 4.69) is 37.3 Å². The number of likely N-dealkylation sites (tertiary alicyclic amines) is 1. The van der Waals surface area contributed by atoms with E-state index in [4.69, 9.17) is 10.7 Å². The van der Waals surface area contributed by atoms with E-state index >= 15 is 0 Å². The summed E-state index contributed by atoms with van der Waals surface area (Å²) < 4.78 is 4.21. The highest BCUT2D eigenvalue weighted by molar-refractivity contribution is 7.08. The first-order chi connectivity index (χ1) is 15.5. The first kappa shape index (κ1) is 21.0. The van der Waals surface area contributed by atoms with E-state index in [0.717, 1.165) is 67.1 Å². The number of nitrogens with two attached hydrogens (primary N) is 1. The second kappa shape index (κ2) is 8.59. The maximum atomic E-state index is 12.9. The van der Waals surface area contributed by atoms with Gasteiger partial charge in [-0.05, 0) is 44.4 Å². The molecule has 5 heterocycles. The van der Waals surface area contributed by atoms with E-state index in [1.807, 2.05) is 18.0 Å². The highest BCUT2D eigenvalue weighted by Crippen LogP contribution is 2.32. The summed E-state index contributed by atoms with van der Waals surface area (Å²) in [5.74, 6) is 0.237. The van der Waals surface area contributed by atoms with Crippen molar-refractivity contribution in [3.05, 3.63) is 34.9 Å². The van der Waals surface area contributed by atoms with Crippen LogP contribution < -0.4 is 10.6 Å². The van der Waals surface area contributed by atoms with Crippen molar-refractivity contribution in [3.63, 3.8) is 0 Å². The Morgan fingerprint density at radius 1 is 1.09 bits per heavy atom. The maximum absolute atomic E-state index is 12.9. The molecule has 2 aliphatic heterocycles. The number of hydrogen-bond acceptors (Lipinski definition) is 9. The number of pyridine rings is 1. The Morgan fingerprint density at radius 3 is 2.53 bits per heavy atom. The van der Waals surface area contributed by atoms with Gasteiger partial charge in [0.1, 0.15) is 16.7 Å². The van der Waals surface area contributed by atoms with E-state index in [9.17, 15) is 4.79 Å². The lowest BCUT2D eigenvalue weighted by atomic mass is 9.92. The second-order valence-electron chi connectivity index (χ2n) is 8.69. The van der Waals surface area contributed by atoms with Crippen LogP contribution in [0.25, 0.3) is 11.0 Å². The average molecular weight is 453 g/mol. The zero-order chi connectivity index (χ0) is 22.2. The number of anilines is 2. The van der Waals surface area contributed by atoms with Gasteiger partial charge in [-0.15, -0.1) is 0 Å². The lowest BCUT2D eigenvalue weighted by molar-refractivity contribution is 0.0718. The molecule has 0 radical (unpaired) electrons. The average Bonchev–Trinajstić information content (AvgIpc) is 3.16. The highest BCUT2D eigenvalue weighted by atomic mass is 32.1. The SMILES string of the molecule is Cc1nsc(C(=O)N2CCC(c3ncnc4cc(N5CCN(C)CC5)cnc34)CC2)c1N. The van der Waals surface area contributed by atoms with Crippen molar-refractivity contribution in [2.24, 2.45) is 0 Å². The largest absolute Gasteiger partial charge is 0.396 e. The highest BCUT2D eigenvalue weighted by Gasteiger charge is 2.29. The van der Waals surface area contributed by atoms with Crippen LogP contribution in [0.2, 0.25) is 0 Å². The summed E-state index contributed by atoms with van der Waals surface area (Å²) in [6.45, 7) is 7.27. The molecule has 32 heavy (non-hydrogen) atoms. The van der Waals surface area contributed by atoms with Crippen molar-refractivity contribution in [3.8, 4) is 0 Å². The standard InChI is InChI=1S/C22H28N8OS/c1-14-18(23)21(32-27-14)22(31)30-5-3-15(4-6-30)19-20-17(25-13-26-19)11-16(12-24-20)29-9-7-28(2)8-10-29/h11-13,15H,3-10,23H2,1-2H3. The van der Waals surface area contributed by atoms with E-state index in [0.29, 0.717) is 23.7 Å². The fourth-order valence-electron chi connectivity index (χ4n) is 4.52. The molecular weight excluding hydrogens is 424 g/mol. The summed E-state index contributed by atoms with van der Waals surface area (Å²) in [6, 6.07) is 2.13. The molecule has 0 saturated carbocycles. The molecular formula is C22H28N8OS. The monoisotopic (exact) mass is 452 g/mol. The number of nitrogen functional groups attached to an aromatic ring is 1. The number of aromatic nitrogens is 4. The normalized spacial score (nSPS) is 18.4. The van der Waals surface area contributed by atoms with Crippen LogP contribution in [0.1, 0.15) is 39.8 Å². The summed E-state index contributed by atoms with van der Waals surface area (Å²) in [4.78, 5) is 33.9. The Hall–Kier alpha value is -2.85. The third kappa shape index (κ3) is 3.88. The van der Waals surface area contributed by atoms with Gasteiger partial charge in [-0.3, -0.25) is 9.78 Å². The van der Waals surface area contributed by atoms with Crippen LogP contribution in [0.3, 0.4) is 0 Å². The third-order valence-electron chi connectivity index (χ3n) is 6.63. The molecule has 2 aliphatic rings. The van der Waals surface area contributed by atoms with Gasteiger partial charge in [0.2, 0.25) is 0 Å². The first-order valence-corrected chi connectivity index (χ1v) is 11.8. The molecule has 168 valence electrons. The van der Waals surface area contributed by atoms with E-state index in [1.54, 1.807) is 6.33 Å². The number of amides is 1. The van der Waals surface area contributed by atoms with Crippen molar-refractivity contribution < 1.29 is 4.79 Å². The first-order valence-electron chi connectivity index (χ1n) is 11.1. The molecule has 0 bridgehead atoms. The van der Waals surface area contributed by atoms with Crippen molar-refractivity contribution in [2.75, 3.05) is 56.9 Å². The summed E-state index contributed by atoms with van der Waals surface area (Å²) in [5, 5.41) is 0. The lowest BCUT2D eigenvalue weighted by Crippen LogP contribution is -2.44. The number of hydrogen-bond donors (Lipinski definition) is 1. The van der Waals surface area contributed by atoms with E-state index < -0.39 is 0 Å². The van der Waals surface area contributed by atoms with Crippen LogP contribution >= 0.6 is 11.5 Å². The van der Waals surface area contributed by atoms with Gasteiger partial charge in [0, 0.05) is 45.2 Å². The minimum atomic E-state index is -0.0194. The quantitative estimate of drug-likeness (QED) is 0.645. The molecule has 9 nitrogen and oxygen atoms in total. The zero-order valence-corrected chi connectivity index (χ0v) is 19.3. The Labute approximate surface area is 191 Å². The maximum Gasteiger partial charge on any atom is 0.267 e. The number of piperazine rings is 1. The van der Waals surface area contributed by atoms with Crippen LogP contribution in [-0.2, 0) is 0 Å².